The topological polar surface area (TPSA) is 225 Å². The molecule has 7 N–H and O–H groups in total. The normalized spacial score (nSPS) is 35.1. The molecule has 0 bridgehead atoms. The summed E-state index contributed by atoms with van der Waals surface area (Å²) >= 11 is 0. The van der Waals surface area contributed by atoms with Crippen LogP contribution in [0.5, 0.6) is 17.2 Å². The van der Waals surface area contributed by atoms with Gasteiger partial charge in [-0.25, -0.2) is 0 Å². The zero-order valence-corrected chi connectivity index (χ0v) is 27.2. The summed E-state index contributed by atoms with van der Waals surface area (Å²) in [6.07, 6.45) is -8.05. The SMILES string of the molecule is COc1cccc2c1C(=O)c1c(O)c3c(c(O)c1C2=O)C[C@@](O)(C(C)=O)C[C@@H]3O[C@H]1C[C@H](N)[C@H](OC2OC(C)C(O)C2C(C)O)[C@H](C)O1. The average Bonchev–Trinajstić information content (AvgIpc) is 3.31. The second-order valence-corrected chi connectivity index (χ2v) is 13.3. The number of ketones is 3. The van der Waals surface area contributed by atoms with Crippen LogP contribution in [0.2, 0.25) is 0 Å². The molecule has 5 unspecified atom stereocenters. The summed E-state index contributed by atoms with van der Waals surface area (Å²) < 4.78 is 29.6. The fraction of sp³-hybridized carbons (Fsp3) is 0.559. The predicted octanol–water partition coefficient (Wildman–Crippen LogP) is 1.16. The van der Waals surface area contributed by atoms with Gasteiger partial charge in [-0.1, -0.05) is 12.1 Å². The number of aromatic hydroxyl groups is 2. The Morgan fingerprint density at radius 1 is 1.04 bits per heavy atom. The fourth-order valence-corrected chi connectivity index (χ4v) is 7.51. The van der Waals surface area contributed by atoms with E-state index >= 15 is 0 Å². The molecule has 2 aromatic rings. The number of Topliss-reactive ketones (excluding diaryl/α,β-unsaturated/α-hetero) is 1. The van der Waals surface area contributed by atoms with Crippen LogP contribution in [0.3, 0.4) is 0 Å². The third-order valence-corrected chi connectivity index (χ3v) is 10.1. The number of aliphatic hydroxyl groups excluding tert-OH is 2. The summed E-state index contributed by atoms with van der Waals surface area (Å²) in [5.41, 5.74) is 3.29. The molecule has 2 aromatic carbocycles. The summed E-state index contributed by atoms with van der Waals surface area (Å²) in [5.74, 6) is -4.04. The summed E-state index contributed by atoms with van der Waals surface area (Å²) in [5, 5.41) is 55.4. The number of hydrogen-bond acceptors (Lipinski definition) is 14. The van der Waals surface area contributed by atoms with Crippen molar-refractivity contribution in [3.8, 4) is 17.2 Å². The number of phenols is 2. The Kier molecular flexibility index (Phi) is 8.92. The van der Waals surface area contributed by atoms with Crippen molar-refractivity contribution in [1.29, 1.82) is 0 Å². The van der Waals surface area contributed by atoms with Crippen LogP contribution in [0, 0.1) is 5.92 Å². The minimum absolute atomic E-state index is 0.0309. The molecule has 0 amide bonds. The van der Waals surface area contributed by atoms with Gasteiger partial charge in [0, 0.05) is 42.0 Å². The van der Waals surface area contributed by atoms with Crippen LogP contribution in [0.1, 0.15) is 89.6 Å². The highest BCUT2D eigenvalue weighted by Crippen LogP contribution is 2.52. The molecule has 48 heavy (non-hydrogen) atoms. The number of nitrogens with two attached hydrogens (primary N) is 1. The van der Waals surface area contributed by atoms with Crippen molar-refractivity contribution in [1.82, 2.24) is 0 Å². The molecule has 2 heterocycles. The number of benzene rings is 2. The van der Waals surface area contributed by atoms with Crippen LogP contribution in [0.25, 0.3) is 0 Å². The van der Waals surface area contributed by atoms with Gasteiger partial charge in [0.1, 0.15) is 29.0 Å². The number of phenolic OH excluding ortho intramolecular Hbond substituents is 2. The maximum atomic E-state index is 13.8. The zero-order chi connectivity index (χ0) is 35.0. The number of carbonyl (C=O) groups excluding carboxylic acids is 3. The summed E-state index contributed by atoms with van der Waals surface area (Å²) in [7, 11) is 1.33. The lowest BCUT2D eigenvalue weighted by molar-refractivity contribution is -0.280. The molecule has 6 rings (SSSR count). The largest absolute Gasteiger partial charge is 0.507 e. The molecule has 14 nitrogen and oxygen atoms in total. The molecule has 2 fully saturated rings. The zero-order valence-electron chi connectivity index (χ0n) is 27.2. The molecule has 0 spiro atoms. The van der Waals surface area contributed by atoms with E-state index in [0.717, 1.165) is 0 Å². The number of methoxy groups -OCH3 is 1. The molecule has 14 heteroatoms. The minimum Gasteiger partial charge on any atom is -0.507 e. The number of fused-ring (bicyclic) bond motifs is 3. The summed E-state index contributed by atoms with van der Waals surface area (Å²) in [6.45, 7) is 6.06. The number of hydrogen-bond donors (Lipinski definition) is 6. The number of aliphatic hydroxyl groups is 3. The lowest BCUT2D eigenvalue weighted by atomic mass is 9.72. The molecule has 0 radical (unpaired) electrons. The van der Waals surface area contributed by atoms with Crippen LogP contribution in [0.4, 0.5) is 0 Å². The van der Waals surface area contributed by atoms with Crippen molar-refractivity contribution in [3.63, 3.8) is 0 Å². The van der Waals surface area contributed by atoms with Crippen molar-refractivity contribution in [2.45, 2.75) is 108 Å². The Hall–Kier alpha value is -3.47. The highest BCUT2D eigenvalue weighted by molar-refractivity contribution is 6.31. The van der Waals surface area contributed by atoms with Crippen molar-refractivity contribution in [2.75, 3.05) is 7.11 Å². The molecule has 4 aliphatic rings. The van der Waals surface area contributed by atoms with E-state index in [1.807, 2.05) is 0 Å². The van der Waals surface area contributed by atoms with Crippen molar-refractivity contribution in [3.05, 3.63) is 51.6 Å². The van der Waals surface area contributed by atoms with Crippen molar-refractivity contribution in [2.24, 2.45) is 11.7 Å². The maximum Gasteiger partial charge on any atom is 0.202 e. The van der Waals surface area contributed by atoms with E-state index in [4.69, 9.17) is 29.4 Å². The summed E-state index contributed by atoms with van der Waals surface area (Å²) in [6, 6.07) is 3.71. The van der Waals surface area contributed by atoms with Gasteiger partial charge < -0.3 is 55.0 Å². The van der Waals surface area contributed by atoms with E-state index in [1.165, 1.54) is 39.2 Å². The van der Waals surface area contributed by atoms with Gasteiger partial charge in [0.15, 0.2) is 24.1 Å². The lowest BCUT2D eigenvalue weighted by Crippen LogP contribution is -2.55. The Balaban J connectivity index is 1.33. The monoisotopic (exact) mass is 671 g/mol. The van der Waals surface area contributed by atoms with E-state index in [-0.39, 0.29) is 40.8 Å². The number of carbonyl (C=O) groups is 3. The van der Waals surface area contributed by atoms with E-state index < -0.39 is 113 Å². The average molecular weight is 672 g/mol. The van der Waals surface area contributed by atoms with Gasteiger partial charge in [-0.05, 0) is 33.8 Å². The highest BCUT2D eigenvalue weighted by atomic mass is 16.7. The quantitative estimate of drug-likeness (QED) is 0.194. The van der Waals surface area contributed by atoms with E-state index in [1.54, 1.807) is 13.8 Å². The third-order valence-electron chi connectivity index (χ3n) is 10.1. The van der Waals surface area contributed by atoms with Gasteiger partial charge in [0.05, 0.1) is 60.2 Å². The molecule has 2 aliphatic carbocycles. The lowest BCUT2D eigenvalue weighted by Gasteiger charge is -2.43. The second-order valence-electron chi connectivity index (χ2n) is 13.3. The molecule has 11 atom stereocenters. The van der Waals surface area contributed by atoms with Crippen molar-refractivity contribution >= 4 is 17.3 Å². The molecular weight excluding hydrogens is 630 g/mol. The second kappa shape index (κ2) is 12.4. The van der Waals surface area contributed by atoms with Crippen LogP contribution in [-0.2, 0) is 30.2 Å². The molecule has 0 saturated carbocycles. The summed E-state index contributed by atoms with van der Waals surface area (Å²) in [4.78, 5) is 40.3. The van der Waals surface area contributed by atoms with Gasteiger partial charge in [0.25, 0.3) is 0 Å². The Bertz CT molecular complexity index is 1650. The molecular formula is C34H41NO13. The third kappa shape index (κ3) is 5.40. The van der Waals surface area contributed by atoms with E-state index in [2.05, 4.69) is 0 Å². The Labute approximate surface area is 276 Å². The van der Waals surface area contributed by atoms with E-state index in [9.17, 15) is 39.9 Å². The molecule has 2 aliphatic heterocycles. The van der Waals surface area contributed by atoms with Crippen LogP contribution >= 0.6 is 0 Å². The Morgan fingerprint density at radius 2 is 1.73 bits per heavy atom. The minimum atomic E-state index is -2.06. The van der Waals surface area contributed by atoms with Crippen LogP contribution < -0.4 is 10.5 Å². The van der Waals surface area contributed by atoms with Crippen LogP contribution in [-0.4, -0.2) is 105 Å². The van der Waals surface area contributed by atoms with Gasteiger partial charge in [0.2, 0.25) is 5.78 Å². The first-order valence-corrected chi connectivity index (χ1v) is 15.9. The number of ether oxygens (including phenoxy) is 5. The van der Waals surface area contributed by atoms with Crippen LogP contribution in [0.15, 0.2) is 18.2 Å². The first-order chi connectivity index (χ1) is 22.6. The smallest absolute Gasteiger partial charge is 0.202 e. The van der Waals surface area contributed by atoms with E-state index in [0.29, 0.717) is 0 Å². The van der Waals surface area contributed by atoms with Crippen molar-refractivity contribution < 1.29 is 63.6 Å². The predicted molar refractivity (Wildman–Crippen MR) is 165 cm³/mol. The molecule has 0 aromatic heterocycles. The number of rotatable bonds is 7. The maximum absolute atomic E-state index is 13.8. The van der Waals surface area contributed by atoms with Gasteiger partial charge in [-0.2, -0.15) is 0 Å². The first-order valence-electron chi connectivity index (χ1n) is 15.9. The molecule has 260 valence electrons. The fourth-order valence-electron chi connectivity index (χ4n) is 7.51. The first kappa shape index (κ1) is 34.4. The van der Waals surface area contributed by atoms with Gasteiger partial charge in [-0.15, -0.1) is 0 Å². The van der Waals surface area contributed by atoms with Gasteiger partial charge in [-0.3, -0.25) is 14.4 Å². The molecule has 2 saturated heterocycles. The Morgan fingerprint density at radius 3 is 2.35 bits per heavy atom. The standard InChI is InChI=1S/C34H41NO13/c1-12(36)22-27(38)13(2)46-33(22)48-32-14(3)45-21(9-18(32)35)47-20-11-34(43,15(4)37)10-17-24(20)31(42)26-25(29(17)40)28(39)16-7-6-8-19(44-5)23(16)30(26)41/h6-8,12-14,18,20-22,27,32-33,36,38,40,42-43H,9-11,35H2,1-5H3/t12?,13?,14-,18-,20-,21-,22?,27?,32+,33?,34-/m0/s1. The van der Waals surface area contributed by atoms with Gasteiger partial charge >= 0.3 is 0 Å². The highest BCUT2D eigenvalue weighted by Gasteiger charge is 2.51.